The lowest BCUT2D eigenvalue weighted by molar-refractivity contribution is -0.128. The molecule has 0 saturated heterocycles. The average Bonchev–Trinajstić information content (AvgIpc) is 2.53. The molecule has 4 nitrogen and oxygen atoms in total. The number of nitrogens with one attached hydrogen (secondary N) is 2. The van der Waals surface area contributed by atoms with Gasteiger partial charge in [-0.15, -0.1) is 11.8 Å². The topological polar surface area (TPSA) is 58.2 Å². The van der Waals surface area contributed by atoms with Gasteiger partial charge in [0.1, 0.15) is 0 Å². The minimum absolute atomic E-state index is 0.0273. The molecule has 2 amide bonds. The highest BCUT2D eigenvalue weighted by atomic mass is 32.2. The molecule has 1 aromatic rings. The normalized spacial score (nSPS) is 38.2. The number of carbonyl (C=O) groups is 2. The second kappa shape index (κ2) is 5.76. The summed E-state index contributed by atoms with van der Waals surface area (Å²) in [6.07, 6.45) is 7.83. The lowest BCUT2D eigenvalue weighted by Crippen LogP contribution is -2.60. The first-order valence-corrected chi connectivity index (χ1v) is 10.3. The van der Waals surface area contributed by atoms with Crippen LogP contribution in [0.4, 0.5) is 5.69 Å². The van der Waals surface area contributed by atoms with Crippen LogP contribution in [-0.4, -0.2) is 22.6 Å². The maximum Gasteiger partial charge on any atom is 0.238 e. The van der Waals surface area contributed by atoms with E-state index in [0.717, 1.165) is 47.6 Å². The van der Waals surface area contributed by atoms with Crippen LogP contribution < -0.4 is 10.6 Å². The number of benzene rings is 1. The van der Waals surface area contributed by atoms with Gasteiger partial charge in [-0.3, -0.25) is 9.59 Å². The summed E-state index contributed by atoms with van der Waals surface area (Å²) < 4.78 is 0. The molecule has 0 unspecified atom stereocenters. The van der Waals surface area contributed by atoms with E-state index in [2.05, 4.69) is 10.6 Å². The quantitative estimate of drug-likeness (QED) is 0.870. The lowest BCUT2D eigenvalue weighted by Gasteiger charge is -2.57. The summed E-state index contributed by atoms with van der Waals surface area (Å²) in [4.78, 5) is 26.1. The number of fused-ring (bicyclic) bond motifs is 1. The molecule has 1 heterocycles. The zero-order valence-corrected chi connectivity index (χ0v) is 15.1. The van der Waals surface area contributed by atoms with Crippen LogP contribution in [0.25, 0.3) is 0 Å². The Labute approximate surface area is 152 Å². The van der Waals surface area contributed by atoms with Gasteiger partial charge in [-0.25, -0.2) is 0 Å². The summed E-state index contributed by atoms with van der Waals surface area (Å²) in [5.74, 6) is 2.43. The predicted molar refractivity (Wildman–Crippen MR) is 98.4 cm³/mol. The number of hydrogen-bond acceptors (Lipinski definition) is 3. The Morgan fingerprint density at radius 3 is 2.44 bits per heavy atom. The molecule has 0 spiro atoms. The third-order valence-electron chi connectivity index (χ3n) is 6.52. The highest BCUT2D eigenvalue weighted by Gasteiger charge is 2.51. The summed E-state index contributed by atoms with van der Waals surface area (Å²) in [6, 6.07) is 7.80. The van der Waals surface area contributed by atoms with Crippen molar-refractivity contribution in [1.82, 2.24) is 5.32 Å². The Bertz CT molecular complexity index is 697. The van der Waals surface area contributed by atoms with Gasteiger partial charge in [0.25, 0.3) is 0 Å². The van der Waals surface area contributed by atoms with Crippen molar-refractivity contribution in [2.45, 2.75) is 60.6 Å². The smallest absolute Gasteiger partial charge is 0.238 e. The van der Waals surface area contributed by atoms with Gasteiger partial charge >= 0.3 is 0 Å². The number of para-hydroxylation sites is 1. The summed E-state index contributed by atoms with van der Waals surface area (Å²) in [5.41, 5.74) is 0.884. The Kier molecular flexibility index (Phi) is 3.63. The van der Waals surface area contributed by atoms with E-state index in [-0.39, 0.29) is 29.0 Å². The summed E-state index contributed by atoms with van der Waals surface area (Å²) in [6.45, 7) is 0. The number of thioether (sulfide) groups is 1. The number of rotatable bonds is 3. The van der Waals surface area contributed by atoms with E-state index >= 15 is 0 Å². The van der Waals surface area contributed by atoms with Gasteiger partial charge < -0.3 is 10.6 Å². The molecule has 132 valence electrons. The van der Waals surface area contributed by atoms with Crippen molar-refractivity contribution in [2.24, 2.45) is 17.8 Å². The van der Waals surface area contributed by atoms with Crippen molar-refractivity contribution < 1.29 is 9.59 Å². The van der Waals surface area contributed by atoms with Gasteiger partial charge in [-0.2, -0.15) is 0 Å². The Morgan fingerprint density at radius 2 is 1.76 bits per heavy atom. The molecule has 4 bridgehead atoms. The third-order valence-corrected chi connectivity index (χ3v) is 7.80. The molecule has 4 saturated carbocycles. The zero-order valence-electron chi connectivity index (χ0n) is 14.3. The van der Waals surface area contributed by atoms with Gasteiger partial charge in [0.15, 0.2) is 0 Å². The fraction of sp³-hybridized carbons (Fsp3) is 0.600. The highest BCUT2D eigenvalue weighted by Crippen LogP contribution is 2.55. The molecule has 0 radical (unpaired) electrons. The zero-order chi connectivity index (χ0) is 17.0. The van der Waals surface area contributed by atoms with Gasteiger partial charge in [-0.1, -0.05) is 12.1 Å². The van der Waals surface area contributed by atoms with E-state index in [9.17, 15) is 9.59 Å². The molecule has 4 aliphatic carbocycles. The van der Waals surface area contributed by atoms with Crippen LogP contribution in [0.15, 0.2) is 29.2 Å². The van der Waals surface area contributed by atoms with E-state index in [0.29, 0.717) is 0 Å². The van der Waals surface area contributed by atoms with Crippen LogP contribution in [0.5, 0.6) is 0 Å². The largest absolute Gasteiger partial charge is 0.351 e. The van der Waals surface area contributed by atoms with Crippen LogP contribution in [0.3, 0.4) is 0 Å². The van der Waals surface area contributed by atoms with E-state index in [4.69, 9.17) is 0 Å². The molecule has 4 fully saturated rings. The fourth-order valence-corrected chi connectivity index (χ4v) is 7.12. The monoisotopic (exact) mass is 356 g/mol. The van der Waals surface area contributed by atoms with Crippen LogP contribution in [0.2, 0.25) is 0 Å². The Balaban J connectivity index is 1.26. The van der Waals surface area contributed by atoms with Crippen molar-refractivity contribution in [1.29, 1.82) is 0 Å². The first kappa shape index (κ1) is 15.7. The average molecular weight is 356 g/mol. The molecule has 2 N–H and O–H groups in total. The number of carbonyl (C=O) groups excluding carboxylic acids is 2. The Morgan fingerprint density at radius 1 is 1.12 bits per heavy atom. The molecule has 1 atom stereocenters. The van der Waals surface area contributed by atoms with Gasteiger partial charge in [0.2, 0.25) is 11.8 Å². The minimum atomic E-state index is -0.330. The fourth-order valence-electron chi connectivity index (χ4n) is 6.01. The number of anilines is 1. The summed E-state index contributed by atoms with van der Waals surface area (Å²) in [5, 5.41) is 5.99. The SMILES string of the molecule is O=C(C[C@H]1Sc2ccccc2NC1=O)NC12CC3CC(CC(C3)C1)C2. The highest BCUT2D eigenvalue weighted by molar-refractivity contribution is 8.01. The van der Waals surface area contributed by atoms with Crippen LogP contribution in [0, 0.1) is 17.8 Å². The lowest BCUT2D eigenvalue weighted by atomic mass is 9.53. The summed E-state index contributed by atoms with van der Waals surface area (Å²) in [7, 11) is 0. The molecule has 25 heavy (non-hydrogen) atoms. The van der Waals surface area contributed by atoms with Crippen molar-refractivity contribution >= 4 is 29.3 Å². The molecule has 5 aliphatic rings. The van der Waals surface area contributed by atoms with E-state index < -0.39 is 0 Å². The predicted octanol–water partition coefficient (Wildman–Crippen LogP) is 3.57. The first-order chi connectivity index (χ1) is 12.1. The number of amides is 2. The minimum Gasteiger partial charge on any atom is -0.351 e. The van der Waals surface area contributed by atoms with E-state index in [1.807, 2.05) is 24.3 Å². The molecular formula is C20H24N2O2S. The number of hydrogen-bond donors (Lipinski definition) is 2. The van der Waals surface area contributed by atoms with E-state index in [1.54, 1.807) is 0 Å². The molecule has 0 aromatic heterocycles. The molecule has 1 aliphatic heterocycles. The maximum atomic E-state index is 12.7. The summed E-state index contributed by atoms with van der Waals surface area (Å²) >= 11 is 1.51. The van der Waals surface area contributed by atoms with Gasteiger partial charge in [-0.05, 0) is 68.4 Å². The first-order valence-electron chi connectivity index (χ1n) is 9.46. The maximum absolute atomic E-state index is 12.7. The Hall–Kier alpha value is -1.49. The van der Waals surface area contributed by atoms with Crippen molar-refractivity contribution in [3.8, 4) is 0 Å². The standard InChI is InChI=1S/C20H24N2O2S/c23-18(8-17-19(24)21-15-3-1-2-4-16(15)25-17)22-20-9-12-5-13(10-20)7-14(6-12)11-20/h1-4,12-14,17H,5-11H2,(H,21,24)(H,22,23)/t12?,13?,14?,17-,20?/m1/s1. The molecule has 1 aromatic carbocycles. The van der Waals surface area contributed by atoms with Crippen molar-refractivity contribution in [3.63, 3.8) is 0 Å². The van der Waals surface area contributed by atoms with Crippen LogP contribution in [-0.2, 0) is 9.59 Å². The van der Waals surface area contributed by atoms with Crippen molar-refractivity contribution in [2.75, 3.05) is 5.32 Å². The second-order valence-electron chi connectivity index (χ2n) is 8.54. The molecule has 5 heteroatoms. The second-order valence-corrected chi connectivity index (χ2v) is 9.79. The molecular weight excluding hydrogens is 332 g/mol. The van der Waals surface area contributed by atoms with Crippen LogP contribution in [0.1, 0.15) is 44.9 Å². The molecule has 6 rings (SSSR count). The van der Waals surface area contributed by atoms with Crippen LogP contribution >= 0.6 is 11.8 Å². The third kappa shape index (κ3) is 2.86. The van der Waals surface area contributed by atoms with Gasteiger partial charge in [0, 0.05) is 16.9 Å². The van der Waals surface area contributed by atoms with Gasteiger partial charge in [0.05, 0.1) is 10.9 Å². The van der Waals surface area contributed by atoms with E-state index in [1.165, 1.54) is 31.0 Å². The van der Waals surface area contributed by atoms with Crippen molar-refractivity contribution in [3.05, 3.63) is 24.3 Å².